The molecule has 0 spiro atoms. The van der Waals surface area contributed by atoms with Gasteiger partial charge >= 0.3 is 0 Å². The third kappa shape index (κ3) is 2.71. The van der Waals surface area contributed by atoms with Crippen LogP contribution in [0.4, 0.5) is 4.39 Å². The molecule has 0 bridgehead atoms. The van der Waals surface area contributed by atoms with Gasteiger partial charge in [0.05, 0.1) is 17.3 Å². The number of aryl methyl sites for hydroxylation is 1. The normalized spacial score (nSPS) is 12.8. The number of hydrogen-bond acceptors (Lipinski definition) is 2. The second kappa shape index (κ2) is 5.58. The Hall–Kier alpha value is -1.72. The first-order chi connectivity index (χ1) is 10.1. The Balaban J connectivity index is 1.96. The van der Waals surface area contributed by atoms with Gasteiger partial charge in [0.2, 0.25) is 0 Å². The largest absolute Gasteiger partial charge is 0.388 e. The van der Waals surface area contributed by atoms with E-state index >= 15 is 0 Å². The lowest BCUT2D eigenvalue weighted by Gasteiger charge is -2.11. The summed E-state index contributed by atoms with van der Waals surface area (Å²) in [7, 11) is 1.86. The van der Waals surface area contributed by atoms with Crippen molar-refractivity contribution in [2.24, 2.45) is 7.05 Å². The summed E-state index contributed by atoms with van der Waals surface area (Å²) < 4.78 is 16.3. The van der Waals surface area contributed by atoms with Crippen LogP contribution in [0, 0.1) is 5.82 Å². The summed E-state index contributed by atoms with van der Waals surface area (Å²) in [5, 5.41) is 15.7. The van der Waals surface area contributed by atoms with Crippen LogP contribution in [0.1, 0.15) is 17.4 Å². The van der Waals surface area contributed by atoms with Gasteiger partial charge in [-0.05, 0) is 24.3 Å². The molecule has 0 saturated heterocycles. The minimum atomic E-state index is -0.930. The number of para-hydroxylation sites is 1. The van der Waals surface area contributed by atoms with E-state index in [4.69, 9.17) is 0 Å². The monoisotopic (exact) mass is 348 g/mol. The van der Waals surface area contributed by atoms with Gasteiger partial charge in [0.1, 0.15) is 5.82 Å². The topological polar surface area (TPSA) is 38.0 Å². The fourth-order valence-corrected chi connectivity index (χ4v) is 2.88. The second-order valence-corrected chi connectivity index (χ2v) is 5.89. The summed E-state index contributed by atoms with van der Waals surface area (Å²) in [5.41, 5.74) is 2.04. The van der Waals surface area contributed by atoms with Crippen molar-refractivity contribution >= 4 is 26.8 Å². The number of halogens is 2. The highest BCUT2D eigenvalue weighted by atomic mass is 79.9. The van der Waals surface area contributed by atoms with E-state index in [1.54, 1.807) is 16.8 Å². The van der Waals surface area contributed by atoms with Crippen LogP contribution in [0.3, 0.4) is 0 Å². The molecule has 0 aliphatic rings. The lowest BCUT2D eigenvalue weighted by Crippen LogP contribution is -2.05. The number of aromatic nitrogens is 2. The summed E-state index contributed by atoms with van der Waals surface area (Å²) in [5.74, 6) is -0.411. The lowest BCUT2D eigenvalue weighted by atomic mass is 10.0. The Morgan fingerprint density at radius 1 is 1.29 bits per heavy atom. The summed E-state index contributed by atoms with van der Waals surface area (Å²) in [6, 6.07) is 12.4. The van der Waals surface area contributed by atoms with Gasteiger partial charge in [-0.15, -0.1) is 0 Å². The van der Waals surface area contributed by atoms with Crippen LogP contribution in [-0.2, 0) is 13.5 Å². The smallest absolute Gasteiger partial charge is 0.129 e. The number of nitrogens with zero attached hydrogens (tertiary/aromatic N) is 2. The van der Waals surface area contributed by atoms with Gasteiger partial charge in [-0.25, -0.2) is 4.39 Å². The molecule has 108 valence electrons. The van der Waals surface area contributed by atoms with Crippen molar-refractivity contribution in [1.29, 1.82) is 0 Å². The minimum absolute atomic E-state index is 0.273. The van der Waals surface area contributed by atoms with Crippen LogP contribution in [-0.4, -0.2) is 14.9 Å². The van der Waals surface area contributed by atoms with Crippen LogP contribution in [0.5, 0.6) is 0 Å². The van der Waals surface area contributed by atoms with Gasteiger partial charge in [-0.2, -0.15) is 5.10 Å². The molecule has 0 aliphatic carbocycles. The summed E-state index contributed by atoms with van der Waals surface area (Å²) in [4.78, 5) is 0. The van der Waals surface area contributed by atoms with E-state index < -0.39 is 11.9 Å². The minimum Gasteiger partial charge on any atom is -0.388 e. The van der Waals surface area contributed by atoms with Crippen LogP contribution in [0.25, 0.3) is 10.9 Å². The summed E-state index contributed by atoms with van der Waals surface area (Å²) in [6.45, 7) is 0. The number of hydrogen-bond donors (Lipinski definition) is 1. The van der Waals surface area contributed by atoms with Crippen molar-refractivity contribution < 1.29 is 9.50 Å². The molecule has 1 aromatic heterocycles. The van der Waals surface area contributed by atoms with E-state index in [0.29, 0.717) is 0 Å². The fourth-order valence-electron chi connectivity index (χ4n) is 2.50. The number of aliphatic hydroxyl groups is 1. The van der Waals surface area contributed by atoms with E-state index in [1.165, 1.54) is 6.07 Å². The molecule has 0 aliphatic heterocycles. The SMILES string of the molecule is Cn1nc(CC(O)c2cc(Br)ccc2F)c2ccccc21. The predicted octanol–water partition coefficient (Wildman–Crippen LogP) is 3.75. The number of aliphatic hydroxyl groups excluding tert-OH is 1. The molecule has 21 heavy (non-hydrogen) atoms. The zero-order valence-electron chi connectivity index (χ0n) is 11.4. The van der Waals surface area contributed by atoms with Gasteiger partial charge in [0.15, 0.2) is 0 Å². The standard InChI is InChI=1S/C16H14BrFN2O/c1-20-15-5-3-2-4-11(15)14(19-20)9-16(21)12-8-10(17)6-7-13(12)18/h2-8,16,21H,9H2,1H3. The van der Waals surface area contributed by atoms with Gasteiger partial charge in [-0.1, -0.05) is 34.1 Å². The van der Waals surface area contributed by atoms with Crippen molar-refractivity contribution in [1.82, 2.24) is 9.78 Å². The molecule has 3 nitrogen and oxygen atoms in total. The molecule has 1 unspecified atom stereocenters. The van der Waals surface area contributed by atoms with Crippen LogP contribution in [0.2, 0.25) is 0 Å². The molecule has 2 aromatic carbocycles. The summed E-state index contributed by atoms with van der Waals surface area (Å²) >= 11 is 3.30. The molecule has 0 radical (unpaired) electrons. The van der Waals surface area contributed by atoms with Crippen LogP contribution >= 0.6 is 15.9 Å². The molecule has 0 fully saturated rings. The first-order valence-electron chi connectivity index (χ1n) is 6.60. The Morgan fingerprint density at radius 3 is 2.86 bits per heavy atom. The third-order valence-electron chi connectivity index (χ3n) is 3.54. The van der Waals surface area contributed by atoms with Gasteiger partial charge in [0, 0.05) is 28.9 Å². The van der Waals surface area contributed by atoms with Crippen molar-refractivity contribution in [3.63, 3.8) is 0 Å². The molecule has 1 N–H and O–H groups in total. The molecule has 0 amide bonds. The maximum absolute atomic E-state index is 13.8. The Kier molecular flexibility index (Phi) is 3.78. The average Bonchev–Trinajstić information content (AvgIpc) is 2.78. The van der Waals surface area contributed by atoms with Crippen LogP contribution in [0.15, 0.2) is 46.9 Å². The lowest BCUT2D eigenvalue weighted by molar-refractivity contribution is 0.172. The van der Waals surface area contributed by atoms with E-state index in [0.717, 1.165) is 21.1 Å². The first-order valence-corrected chi connectivity index (χ1v) is 7.39. The highest BCUT2D eigenvalue weighted by Gasteiger charge is 2.17. The molecule has 1 atom stereocenters. The highest BCUT2D eigenvalue weighted by molar-refractivity contribution is 9.10. The maximum atomic E-state index is 13.8. The second-order valence-electron chi connectivity index (χ2n) is 4.97. The molecule has 3 aromatic rings. The molecule has 1 heterocycles. The Morgan fingerprint density at radius 2 is 2.05 bits per heavy atom. The fraction of sp³-hybridized carbons (Fsp3) is 0.188. The zero-order chi connectivity index (χ0) is 15.0. The van der Waals surface area contributed by atoms with Crippen LogP contribution < -0.4 is 0 Å². The van der Waals surface area contributed by atoms with E-state index in [1.807, 2.05) is 31.3 Å². The van der Waals surface area contributed by atoms with Crippen molar-refractivity contribution in [3.8, 4) is 0 Å². The predicted molar refractivity (Wildman–Crippen MR) is 83.5 cm³/mol. The van der Waals surface area contributed by atoms with E-state index in [2.05, 4.69) is 21.0 Å². The van der Waals surface area contributed by atoms with E-state index in [-0.39, 0.29) is 12.0 Å². The molecule has 0 saturated carbocycles. The van der Waals surface area contributed by atoms with Crippen molar-refractivity contribution in [3.05, 3.63) is 64.0 Å². The van der Waals surface area contributed by atoms with Gasteiger partial charge < -0.3 is 5.11 Å². The molecular formula is C16H14BrFN2O. The maximum Gasteiger partial charge on any atom is 0.129 e. The van der Waals surface area contributed by atoms with Gasteiger partial charge in [-0.3, -0.25) is 4.68 Å². The molecular weight excluding hydrogens is 335 g/mol. The summed E-state index contributed by atoms with van der Waals surface area (Å²) in [6.07, 6.45) is -0.657. The number of rotatable bonds is 3. The average molecular weight is 349 g/mol. The van der Waals surface area contributed by atoms with Gasteiger partial charge in [0.25, 0.3) is 0 Å². The Labute approximate surface area is 130 Å². The third-order valence-corrected chi connectivity index (χ3v) is 4.03. The Bertz CT molecular complexity index is 800. The molecule has 3 rings (SSSR count). The number of fused-ring (bicyclic) bond motifs is 1. The zero-order valence-corrected chi connectivity index (χ0v) is 13.0. The number of benzene rings is 2. The van der Waals surface area contributed by atoms with Crippen molar-refractivity contribution in [2.45, 2.75) is 12.5 Å². The van der Waals surface area contributed by atoms with Crippen molar-refractivity contribution in [2.75, 3.05) is 0 Å². The highest BCUT2D eigenvalue weighted by Crippen LogP contribution is 2.27. The molecule has 5 heteroatoms. The van der Waals surface area contributed by atoms with E-state index in [9.17, 15) is 9.50 Å². The first kappa shape index (κ1) is 14.2. The quantitative estimate of drug-likeness (QED) is 0.782.